The molecule has 0 amide bonds. The first kappa shape index (κ1) is 16.2. The van der Waals surface area contributed by atoms with E-state index in [1.54, 1.807) is 22.5 Å². The van der Waals surface area contributed by atoms with E-state index in [9.17, 15) is 0 Å². The summed E-state index contributed by atoms with van der Waals surface area (Å²) in [6, 6.07) is 0. The van der Waals surface area contributed by atoms with Crippen molar-refractivity contribution in [3.05, 3.63) is 0 Å². The molecular weight excluding hydrogens is 274 g/mol. The molecule has 0 aromatic carbocycles. The summed E-state index contributed by atoms with van der Waals surface area (Å²) in [6.45, 7) is 2.27. The summed E-state index contributed by atoms with van der Waals surface area (Å²) in [6.07, 6.45) is 8.71. The summed E-state index contributed by atoms with van der Waals surface area (Å²) >= 11 is 1.71. The van der Waals surface area contributed by atoms with E-state index < -0.39 is 7.32 Å². The third kappa shape index (κ3) is 32.3. The van der Waals surface area contributed by atoms with Crippen molar-refractivity contribution < 1.29 is 15.1 Å². The fraction of sp³-hybridized carbons (Fsp3) is 1.00. The second-order valence-electron chi connectivity index (χ2n) is 2.81. The van der Waals surface area contributed by atoms with Crippen molar-refractivity contribution in [2.75, 3.05) is 0 Å². The second-order valence-corrected chi connectivity index (χ2v) is 4.23. The van der Waals surface area contributed by atoms with E-state index in [1.165, 1.54) is 43.0 Å². The van der Waals surface area contributed by atoms with Gasteiger partial charge in [-0.25, -0.2) is 0 Å². The average Bonchev–Trinajstić information content (AvgIpc) is 2.03. The summed E-state index contributed by atoms with van der Waals surface area (Å²) in [7, 11) is -2.92. The van der Waals surface area contributed by atoms with Gasteiger partial charge in [0.2, 0.25) is 0 Å². The van der Waals surface area contributed by atoms with Crippen molar-refractivity contribution >= 4 is 29.8 Å². The Balaban J connectivity index is 0. The van der Waals surface area contributed by atoms with Gasteiger partial charge >= 0.3 is 72.4 Å². The van der Waals surface area contributed by atoms with Crippen molar-refractivity contribution in [3.63, 3.8) is 0 Å². The van der Waals surface area contributed by atoms with Crippen LogP contribution in [0.4, 0.5) is 0 Å². The molecule has 13 heavy (non-hydrogen) atoms. The molecule has 0 saturated carbocycles. The Labute approximate surface area is 94.8 Å². The van der Waals surface area contributed by atoms with Crippen LogP contribution in [0.1, 0.15) is 45.4 Å². The van der Waals surface area contributed by atoms with Crippen LogP contribution >= 0.6 is 0 Å². The van der Waals surface area contributed by atoms with Crippen LogP contribution in [0, 0.1) is 0 Å². The van der Waals surface area contributed by atoms with Gasteiger partial charge in [0.15, 0.2) is 0 Å². The molecule has 0 fully saturated rings. The van der Waals surface area contributed by atoms with Gasteiger partial charge in [-0.05, 0) is 0 Å². The molecule has 0 rings (SSSR count). The molecule has 0 aliphatic rings. The Kier molecular flexibility index (Phi) is 19.0. The van der Waals surface area contributed by atoms with Gasteiger partial charge in [0.05, 0.1) is 0 Å². The minimum absolute atomic E-state index is 1.37. The van der Waals surface area contributed by atoms with Crippen molar-refractivity contribution in [1.82, 2.24) is 0 Å². The molecule has 5 heteroatoms. The third-order valence-corrected chi connectivity index (χ3v) is 2.54. The predicted octanol–water partition coefficient (Wildman–Crippen LogP) is -1.01. The summed E-state index contributed by atoms with van der Waals surface area (Å²) < 4.78 is 1.46. The molecule has 0 aromatic heterocycles. The summed E-state index contributed by atoms with van der Waals surface area (Å²) in [5.74, 6) is 0. The quantitative estimate of drug-likeness (QED) is 0.465. The maximum absolute atomic E-state index is 8.42. The Morgan fingerprint density at radius 3 is 1.69 bits per heavy atom. The zero-order valence-electron chi connectivity index (χ0n) is 8.25. The van der Waals surface area contributed by atoms with Crippen LogP contribution in [0.5, 0.6) is 0 Å². The van der Waals surface area contributed by atoms with Crippen molar-refractivity contribution in [2.24, 2.45) is 0 Å². The summed E-state index contributed by atoms with van der Waals surface area (Å²) in [5, 5.41) is 25.2. The number of rotatable bonds is 6. The number of unbranched alkanes of at least 4 members (excludes halogenated alkanes) is 5. The van der Waals surface area contributed by atoms with Gasteiger partial charge in [-0.3, -0.25) is 7.32 Å². The second kappa shape index (κ2) is 15.2. The molecule has 0 aromatic rings. The van der Waals surface area contributed by atoms with Gasteiger partial charge in [-0.1, -0.05) is 0 Å². The smallest absolute Gasteiger partial charge is 0.278 e. The zero-order chi connectivity index (χ0) is 10.5. The van der Waals surface area contributed by atoms with E-state index in [4.69, 9.17) is 15.1 Å². The Hall–Kier alpha value is 0.744. The minimum Gasteiger partial charge on any atom is -0.907 e. The Morgan fingerprint density at radius 2 is 1.31 bits per heavy atom. The van der Waals surface area contributed by atoms with Crippen LogP contribution in [0.2, 0.25) is 4.44 Å². The molecule has 3 nitrogen and oxygen atoms in total. The largest absolute Gasteiger partial charge is 0.907 e. The molecule has 0 radical (unpaired) electrons. The predicted molar refractivity (Wildman–Crippen MR) is 49.7 cm³/mol. The molecule has 0 unspecified atom stereocenters. The van der Waals surface area contributed by atoms with Crippen molar-refractivity contribution in [2.45, 2.75) is 49.9 Å². The van der Waals surface area contributed by atoms with Crippen LogP contribution in [0.25, 0.3) is 0 Å². The van der Waals surface area contributed by atoms with Gasteiger partial charge in [-0.2, -0.15) is 0 Å². The van der Waals surface area contributed by atoms with Crippen LogP contribution in [-0.4, -0.2) is 29.8 Å². The van der Waals surface area contributed by atoms with Gasteiger partial charge < -0.3 is 15.1 Å². The third-order valence-electron chi connectivity index (χ3n) is 1.53. The van der Waals surface area contributed by atoms with E-state index in [-0.39, 0.29) is 0 Å². The molecule has 0 heterocycles. The normalized spacial score (nSPS) is 9.08. The van der Waals surface area contributed by atoms with E-state index in [1.807, 2.05) is 0 Å². The van der Waals surface area contributed by atoms with Gasteiger partial charge in [-0.15, -0.1) is 0 Å². The Morgan fingerprint density at radius 1 is 0.923 bits per heavy atom. The summed E-state index contributed by atoms with van der Waals surface area (Å²) in [4.78, 5) is 0. The van der Waals surface area contributed by atoms with E-state index >= 15 is 0 Å². The molecule has 0 saturated heterocycles. The van der Waals surface area contributed by atoms with Gasteiger partial charge in [0.25, 0.3) is 0 Å². The molecule has 0 aliphatic carbocycles. The topological polar surface area (TPSA) is 69.2 Å². The molecule has 0 bridgehead atoms. The molecule has 0 N–H and O–H groups in total. The van der Waals surface area contributed by atoms with Gasteiger partial charge in [0, 0.05) is 0 Å². The standard InChI is InChI=1S/C8H17.BO3.Sn/c1-3-5-7-8-6-4-2;2-1(3)4;/h1,3-8H2,2H3;;/q;-3;+3. The van der Waals surface area contributed by atoms with Crippen molar-refractivity contribution in [1.29, 1.82) is 0 Å². The molecule has 0 aliphatic heterocycles. The van der Waals surface area contributed by atoms with Crippen LogP contribution in [-0.2, 0) is 0 Å². The number of hydrogen-bond acceptors (Lipinski definition) is 3. The fourth-order valence-corrected chi connectivity index (χ4v) is 1.62. The monoisotopic (exact) mass is 292 g/mol. The zero-order valence-corrected chi connectivity index (χ0v) is 11.1. The van der Waals surface area contributed by atoms with Crippen molar-refractivity contribution in [3.8, 4) is 0 Å². The van der Waals surface area contributed by atoms with E-state index in [0.29, 0.717) is 0 Å². The average molecular weight is 291 g/mol. The van der Waals surface area contributed by atoms with Gasteiger partial charge in [0.1, 0.15) is 0 Å². The Bertz CT molecular complexity index is 75.0. The fourth-order valence-electron chi connectivity index (χ4n) is 0.905. The van der Waals surface area contributed by atoms with Crippen LogP contribution < -0.4 is 15.1 Å². The minimum atomic E-state index is -2.92. The maximum atomic E-state index is 8.42. The van der Waals surface area contributed by atoms with E-state index in [2.05, 4.69) is 6.92 Å². The first-order valence-electron chi connectivity index (χ1n) is 4.77. The molecule has 74 valence electrons. The van der Waals surface area contributed by atoms with E-state index in [0.717, 1.165) is 0 Å². The number of hydrogen-bond donors (Lipinski definition) is 0. The first-order valence-corrected chi connectivity index (χ1v) is 6.79. The molecular formula is C8H17BO3Sn. The maximum Gasteiger partial charge on any atom is -0.278 e. The molecule has 0 atom stereocenters. The van der Waals surface area contributed by atoms with Crippen LogP contribution in [0.3, 0.4) is 0 Å². The SMILES string of the molecule is CCCCCCC[CH2][Sn+3].[O-]B([O-])[O-]. The van der Waals surface area contributed by atoms with Crippen LogP contribution in [0.15, 0.2) is 0 Å². The first-order chi connectivity index (χ1) is 6.15. The molecule has 0 spiro atoms. The summed E-state index contributed by atoms with van der Waals surface area (Å²) in [5.41, 5.74) is 0.